The number of non-ortho nitro benzene ring substituents is 1. The van der Waals surface area contributed by atoms with Crippen LogP contribution in [0.5, 0.6) is 0 Å². The second kappa shape index (κ2) is 9.02. The minimum atomic E-state index is -0.335. The van der Waals surface area contributed by atoms with E-state index in [-0.39, 0.29) is 10.6 Å². The Hall–Kier alpha value is -3.73. The monoisotopic (exact) mass is 437 g/mol. The number of nitrogens with zero attached hydrogens (tertiary/aromatic N) is 3. The van der Waals surface area contributed by atoms with Crippen LogP contribution in [0.15, 0.2) is 78.9 Å². The Morgan fingerprint density at radius 1 is 0.848 bits per heavy atom. The van der Waals surface area contributed by atoms with Gasteiger partial charge in [0.15, 0.2) is 0 Å². The Kier molecular flexibility index (Phi) is 5.78. The maximum absolute atomic E-state index is 11.6. The highest BCUT2D eigenvalue weighted by molar-refractivity contribution is 6.07. The number of nitro benzene ring substituents is 1. The third-order valence-electron chi connectivity index (χ3n) is 6.74. The van der Waals surface area contributed by atoms with Gasteiger partial charge in [-0.3, -0.25) is 10.1 Å². The highest BCUT2D eigenvalue weighted by Gasteiger charge is 2.26. The lowest BCUT2D eigenvalue weighted by Gasteiger charge is -2.34. The first-order chi connectivity index (χ1) is 16.1. The Bertz CT molecular complexity index is 1280. The lowest BCUT2D eigenvalue weighted by molar-refractivity contribution is -0.384. The number of hydrogen-bond donors (Lipinski definition) is 0. The van der Waals surface area contributed by atoms with E-state index in [1.165, 1.54) is 19.3 Å². The van der Waals surface area contributed by atoms with E-state index in [4.69, 9.17) is 4.98 Å². The zero-order chi connectivity index (χ0) is 22.8. The Morgan fingerprint density at radius 3 is 2.06 bits per heavy atom. The molecule has 33 heavy (non-hydrogen) atoms. The molecular formula is C28H27N3O2. The van der Waals surface area contributed by atoms with Crippen molar-refractivity contribution in [3.8, 4) is 22.3 Å². The van der Waals surface area contributed by atoms with Gasteiger partial charge in [-0.15, -0.1) is 0 Å². The van der Waals surface area contributed by atoms with E-state index < -0.39 is 0 Å². The molecule has 0 spiro atoms. The van der Waals surface area contributed by atoms with Crippen LogP contribution in [-0.2, 0) is 0 Å². The summed E-state index contributed by atoms with van der Waals surface area (Å²) in [6, 6.07) is 25.9. The average molecular weight is 438 g/mol. The molecule has 3 aromatic carbocycles. The first kappa shape index (κ1) is 21.1. The van der Waals surface area contributed by atoms with Crippen LogP contribution in [-0.4, -0.2) is 23.0 Å². The van der Waals surface area contributed by atoms with Gasteiger partial charge in [0, 0.05) is 41.7 Å². The Morgan fingerprint density at radius 2 is 1.45 bits per heavy atom. The van der Waals surface area contributed by atoms with Crippen molar-refractivity contribution < 1.29 is 4.92 Å². The van der Waals surface area contributed by atoms with Gasteiger partial charge in [-0.05, 0) is 30.0 Å². The number of fused-ring (bicyclic) bond motifs is 1. The molecule has 4 aromatic rings. The number of hydrogen-bond acceptors (Lipinski definition) is 4. The minimum absolute atomic E-state index is 0.0777. The lowest BCUT2D eigenvalue weighted by atomic mass is 9.89. The normalized spacial score (nSPS) is 14.3. The van der Waals surface area contributed by atoms with Crippen LogP contribution in [0.4, 0.5) is 11.5 Å². The van der Waals surface area contributed by atoms with E-state index in [0.717, 1.165) is 51.8 Å². The molecule has 1 aliphatic rings. The molecule has 0 aliphatic heterocycles. The van der Waals surface area contributed by atoms with Gasteiger partial charge in [0.1, 0.15) is 5.82 Å². The molecule has 0 N–H and O–H groups in total. The molecule has 0 unspecified atom stereocenters. The van der Waals surface area contributed by atoms with Crippen molar-refractivity contribution in [2.45, 2.75) is 38.1 Å². The predicted octanol–water partition coefficient (Wildman–Crippen LogP) is 7.25. The van der Waals surface area contributed by atoms with Crippen LogP contribution in [0.3, 0.4) is 0 Å². The maximum atomic E-state index is 11.6. The molecule has 1 saturated carbocycles. The van der Waals surface area contributed by atoms with Gasteiger partial charge in [-0.1, -0.05) is 79.9 Å². The molecule has 0 radical (unpaired) electrons. The van der Waals surface area contributed by atoms with Crippen molar-refractivity contribution >= 4 is 22.4 Å². The topological polar surface area (TPSA) is 59.3 Å². The molecule has 0 bridgehead atoms. The van der Waals surface area contributed by atoms with Crippen molar-refractivity contribution in [1.29, 1.82) is 0 Å². The number of pyridine rings is 1. The fourth-order valence-corrected chi connectivity index (χ4v) is 5.03. The largest absolute Gasteiger partial charge is 0.356 e. The third kappa shape index (κ3) is 4.07. The minimum Gasteiger partial charge on any atom is -0.356 e. The molecular weight excluding hydrogens is 410 g/mol. The number of benzene rings is 3. The average Bonchev–Trinajstić information content (AvgIpc) is 2.88. The van der Waals surface area contributed by atoms with Gasteiger partial charge in [-0.2, -0.15) is 0 Å². The van der Waals surface area contributed by atoms with E-state index in [9.17, 15) is 10.1 Å². The number of rotatable bonds is 5. The van der Waals surface area contributed by atoms with Crippen LogP contribution in [0.1, 0.15) is 32.1 Å². The van der Waals surface area contributed by atoms with Crippen LogP contribution < -0.4 is 4.90 Å². The van der Waals surface area contributed by atoms with Crippen molar-refractivity contribution in [3.05, 3.63) is 89.0 Å². The summed E-state index contributed by atoms with van der Waals surface area (Å²) in [7, 11) is 2.15. The molecule has 166 valence electrons. The van der Waals surface area contributed by atoms with Crippen LogP contribution in [0.2, 0.25) is 0 Å². The number of anilines is 1. The van der Waals surface area contributed by atoms with Gasteiger partial charge < -0.3 is 4.90 Å². The molecule has 1 aliphatic carbocycles. The van der Waals surface area contributed by atoms with Crippen molar-refractivity contribution in [1.82, 2.24) is 4.98 Å². The van der Waals surface area contributed by atoms with Crippen LogP contribution >= 0.6 is 0 Å². The zero-order valence-electron chi connectivity index (χ0n) is 18.8. The summed E-state index contributed by atoms with van der Waals surface area (Å²) in [5.74, 6) is 0.938. The van der Waals surface area contributed by atoms with E-state index in [1.54, 1.807) is 18.2 Å². The third-order valence-corrected chi connectivity index (χ3v) is 6.74. The molecule has 0 atom stereocenters. The molecule has 5 rings (SSSR count). The molecule has 0 amide bonds. The Labute approximate surface area is 193 Å². The standard InChI is InChI=1S/C28H27N3O2/c1-30(22-15-9-4-10-16-22)28-27(21-13-7-3-8-14-21)26(20-11-5-2-6-12-20)24-19-23(31(32)33)17-18-25(24)29-28/h2-3,5-8,11-14,17-19,22H,4,9-10,15-16H2,1H3. The quantitative estimate of drug-likeness (QED) is 0.244. The van der Waals surface area contributed by atoms with Crippen LogP contribution in [0.25, 0.3) is 33.2 Å². The van der Waals surface area contributed by atoms with Gasteiger partial charge in [0.05, 0.1) is 10.4 Å². The van der Waals surface area contributed by atoms with Gasteiger partial charge >= 0.3 is 0 Å². The highest BCUT2D eigenvalue weighted by atomic mass is 16.6. The summed E-state index contributed by atoms with van der Waals surface area (Å²) in [5, 5.41) is 12.4. The van der Waals surface area contributed by atoms with Crippen molar-refractivity contribution in [3.63, 3.8) is 0 Å². The van der Waals surface area contributed by atoms with Gasteiger partial charge in [0.25, 0.3) is 5.69 Å². The summed E-state index contributed by atoms with van der Waals surface area (Å²) in [5.41, 5.74) is 4.97. The second-order valence-corrected chi connectivity index (χ2v) is 8.78. The zero-order valence-corrected chi connectivity index (χ0v) is 18.8. The fraction of sp³-hybridized carbons (Fsp3) is 0.250. The molecule has 0 saturated heterocycles. The lowest BCUT2D eigenvalue weighted by Crippen LogP contribution is -2.34. The van der Waals surface area contributed by atoms with E-state index >= 15 is 0 Å². The van der Waals surface area contributed by atoms with E-state index in [1.807, 2.05) is 36.4 Å². The summed E-state index contributed by atoms with van der Waals surface area (Å²) in [6.45, 7) is 0. The summed E-state index contributed by atoms with van der Waals surface area (Å²) in [6.07, 6.45) is 6.08. The highest BCUT2D eigenvalue weighted by Crippen LogP contribution is 2.44. The van der Waals surface area contributed by atoms with Crippen molar-refractivity contribution in [2.75, 3.05) is 11.9 Å². The molecule has 1 fully saturated rings. The van der Waals surface area contributed by atoms with E-state index in [0.29, 0.717) is 6.04 Å². The number of aromatic nitrogens is 1. The smallest absolute Gasteiger partial charge is 0.270 e. The predicted molar refractivity (Wildman–Crippen MR) is 135 cm³/mol. The van der Waals surface area contributed by atoms with Gasteiger partial charge in [-0.25, -0.2) is 4.98 Å². The van der Waals surface area contributed by atoms with Crippen molar-refractivity contribution in [2.24, 2.45) is 0 Å². The molecule has 1 aromatic heterocycles. The summed E-state index contributed by atoms with van der Waals surface area (Å²) < 4.78 is 0. The summed E-state index contributed by atoms with van der Waals surface area (Å²) >= 11 is 0. The SMILES string of the molecule is CN(c1nc2ccc([N+](=O)[O-])cc2c(-c2ccccc2)c1-c1ccccc1)C1CCCCC1. The first-order valence-corrected chi connectivity index (χ1v) is 11.6. The Balaban J connectivity index is 1.86. The maximum Gasteiger partial charge on any atom is 0.270 e. The first-order valence-electron chi connectivity index (χ1n) is 11.6. The molecule has 1 heterocycles. The summed E-state index contributed by atoms with van der Waals surface area (Å²) in [4.78, 5) is 18.7. The van der Waals surface area contributed by atoms with Crippen LogP contribution in [0, 0.1) is 10.1 Å². The van der Waals surface area contributed by atoms with Gasteiger partial charge in [0.2, 0.25) is 0 Å². The second-order valence-electron chi connectivity index (χ2n) is 8.78. The fourth-order valence-electron chi connectivity index (χ4n) is 5.03. The molecule has 5 nitrogen and oxygen atoms in total. The molecule has 5 heteroatoms. The number of nitro groups is 1. The van der Waals surface area contributed by atoms with E-state index in [2.05, 4.69) is 36.2 Å².